The molecule has 0 radical (unpaired) electrons. The third-order valence-electron chi connectivity index (χ3n) is 3.45. The van der Waals surface area contributed by atoms with Crippen LogP contribution in [0.3, 0.4) is 0 Å². The van der Waals surface area contributed by atoms with Gasteiger partial charge in [-0.05, 0) is 50.6 Å². The molecule has 0 bridgehead atoms. The maximum absolute atomic E-state index is 14.0. The zero-order chi connectivity index (χ0) is 14.7. The van der Waals surface area contributed by atoms with E-state index >= 15 is 0 Å². The molecule has 0 saturated carbocycles. The number of pyridine rings is 1. The van der Waals surface area contributed by atoms with Crippen LogP contribution in [-0.2, 0) is 6.42 Å². The molecule has 2 rings (SSSR count). The van der Waals surface area contributed by atoms with E-state index in [1.165, 1.54) is 0 Å². The summed E-state index contributed by atoms with van der Waals surface area (Å²) in [6.07, 6.45) is 0.536. The number of likely N-dealkylation sites (N-methyl/N-ethyl adjacent to an activating group) is 1. The molecule has 0 saturated heterocycles. The molecule has 1 aromatic carbocycles. The first-order valence-corrected chi connectivity index (χ1v) is 6.95. The molecule has 106 valence electrons. The minimum atomic E-state index is -0.341. The third-order valence-corrected chi connectivity index (χ3v) is 3.74. The van der Waals surface area contributed by atoms with Gasteiger partial charge in [0, 0.05) is 17.4 Å². The molecule has 20 heavy (non-hydrogen) atoms. The smallest absolute Gasteiger partial charge is 0.145 e. The second-order valence-electron chi connectivity index (χ2n) is 4.89. The van der Waals surface area contributed by atoms with Gasteiger partial charge >= 0.3 is 0 Å². The fourth-order valence-corrected chi connectivity index (χ4v) is 2.55. The maximum Gasteiger partial charge on any atom is 0.145 e. The van der Waals surface area contributed by atoms with Gasteiger partial charge in [0.05, 0.1) is 5.02 Å². The molecule has 0 aliphatic carbocycles. The molecule has 0 spiro atoms. The molecule has 1 unspecified atom stereocenters. The van der Waals surface area contributed by atoms with Crippen molar-refractivity contribution in [2.24, 2.45) is 0 Å². The molecule has 1 N–H and O–H groups in total. The zero-order valence-corrected chi connectivity index (χ0v) is 12.6. The van der Waals surface area contributed by atoms with E-state index in [-0.39, 0.29) is 16.9 Å². The van der Waals surface area contributed by atoms with Crippen LogP contribution in [0.5, 0.6) is 0 Å². The second-order valence-corrected chi connectivity index (χ2v) is 5.29. The van der Waals surface area contributed by atoms with Gasteiger partial charge in [-0.1, -0.05) is 29.8 Å². The summed E-state index contributed by atoms with van der Waals surface area (Å²) in [5.41, 5.74) is 3.64. The van der Waals surface area contributed by atoms with E-state index in [1.807, 2.05) is 33.0 Å². The van der Waals surface area contributed by atoms with Gasteiger partial charge in [0.2, 0.25) is 0 Å². The molecule has 0 aliphatic heterocycles. The monoisotopic (exact) mass is 292 g/mol. The summed E-state index contributed by atoms with van der Waals surface area (Å²) < 4.78 is 14.0. The Kier molecular flexibility index (Phi) is 4.73. The number of aryl methyl sites for hydroxylation is 2. The average Bonchev–Trinajstić information content (AvgIpc) is 2.41. The molecule has 1 atom stereocenters. The van der Waals surface area contributed by atoms with Crippen LogP contribution in [0, 0.1) is 19.7 Å². The molecule has 0 amide bonds. The van der Waals surface area contributed by atoms with Crippen molar-refractivity contribution in [3.63, 3.8) is 0 Å². The zero-order valence-electron chi connectivity index (χ0n) is 11.9. The molecule has 0 fully saturated rings. The van der Waals surface area contributed by atoms with Gasteiger partial charge in [0.15, 0.2) is 0 Å². The van der Waals surface area contributed by atoms with Crippen molar-refractivity contribution in [3.05, 3.63) is 63.7 Å². The van der Waals surface area contributed by atoms with Crippen molar-refractivity contribution in [1.29, 1.82) is 0 Å². The highest BCUT2D eigenvalue weighted by molar-refractivity contribution is 6.30. The molecule has 1 heterocycles. The molecule has 0 aliphatic rings. The summed E-state index contributed by atoms with van der Waals surface area (Å²) in [4.78, 5) is 4.46. The van der Waals surface area contributed by atoms with Gasteiger partial charge in [-0.2, -0.15) is 0 Å². The van der Waals surface area contributed by atoms with E-state index in [9.17, 15) is 4.39 Å². The highest BCUT2D eigenvalue weighted by atomic mass is 35.5. The Morgan fingerprint density at radius 3 is 2.65 bits per heavy atom. The van der Waals surface area contributed by atoms with E-state index in [1.54, 1.807) is 18.2 Å². The van der Waals surface area contributed by atoms with Crippen LogP contribution in [0.2, 0.25) is 5.02 Å². The van der Waals surface area contributed by atoms with E-state index < -0.39 is 0 Å². The first kappa shape index (κ1) is 14.9. The van der Waals surface area contributed by atoms with Gasteiger partial charge in [-0.3, -0.25) is 4.98 Å². The molecule has 1 aromatic heterocycles. The predicted octanol–water partition coefficient (Wildman–Crippen LogP) is 3.99. The van der Waals surface area contributed by atoms with Crippen LogP contribution in [0.1, 0.15) is 28.6 Å². The predicted molar refractivity (Wildman–Crippen MR) is 80.6 cm³/mol. The summed E-state index contributed by atoms with van der Waals surface area (Å²) in [5, 5.41) is 3.39. The lowest BCUT2D eigenvalue weighted by Crippen LogP contribution is -2.21. The lowest BCUT2D eigenvalue weighted by atomic mass is 9.97. The van der Waals surface area contributed by atoms with Crippen molar-refractivity contribution < 1.29 is 4.39 Å². The highest BCUT2D eigenvalue weighted by Crippen LogP contribution is 2.25. The van der Waals surface area contributed by atoms with Gasteiger partial charge in [0.25, 0.3) is 0 Å². The van der Waals surface area contributed by atoms with Gasteiger partial charge in [-0.25, -0.2) is 4.39 Å². The Hall–Kier alpha value is -1.45. The number of aromatic nitrogens is 1. The number of nitrogens with zero attached hydrogens (tertiary/aromatic N) is 1. The largest absolute Gasteiger partial charge is 0.313 e. The lowest BCUT2D eigenvalue weighted by molar-refractivity contribution is 0.551. The second kappa shape index (κ2) is 6.33. The fraction of sp³-hybridized carbons (Fsp3) is 0.312. The maximum atomic E-state index is 14.0. The average molecular weight is 293 g/mol. The highest BCUT2D eigenvalue weighted by Gasteiger charge is 2.16. The van der Waals surface area contributed by atoms with Crippen LogP contribution < -0.4 is 5.32 Å². The van der Waals surface area contributed by atoms with Gasteiger partial charge in [-0.15, -0.1) is 0 Å². The molecule has 4 heteroatoms. The Morgan fingerprint density at radius 2 is 2.00 bits per heavy atom. The first-order chi connectivity index (χ1) is 9.52. The Labute approximate surface area is 124 Å². The first-order valence-electron chi connectivity index (χ1n) is 6.57. The van der Waals surface area contributed by atoms with Crippen molar-refractivity contribution >= 4 is 11.6 Å². The summed E-state index contributed by atoms with van der Waals surface area (Å²) in [6.45, 7) is 3.93. The number of hydrogen-bond acceptors (Lipinski definition) is 2. The van der Waals surface area contributed by atoms with Crippen LogP contribution in [0.15, 0.2) is 30.3 Å². The van der Waals surface area contributed by atoms with Gasteiger partial charge < -0.3 is 5.32 Å². The van der Waals surface area contributed by atoms with Crippen LogP contribution in [-0.4, -0.2) is 12.0 Å². The van der Waals surface area contributed by atoms with Crippen LogP contribution >= 0.6 is 11.6 Å². The van der Waals surface area contributed by atoms with Gasteiger partial charge in [0.1, 0.15) is 5.82 Å². The van der Waals surface area contributed by atoms with Crippen molar-refractivity contribution in [2.75, 3.05) is 7.05 Å². The summed E-state index contributed by atoms with van der Waals surface area (Å²) in [5.74, 6) is -0.341. The topological polar surface area (TPSA) is 24.9 Å². The summed E-state index contributed by atoms with van der Waals surface area (Å²) >= 11 is 5.83. The normalized spacial score (nSPS) is 12.4. The summed E-state index contributed by atoms with van der Waals surface area (Å²) in [7, 11) is 1.87. The molecular formula is C16H18ClFN2. The van der Waals surface area contributed by atoms with E-state index in [2.05, 4.69) is 10.3 Å². The Balaban J connectivity index is 2.31. The molecular weight excluding hydrogens is 275 g/mol. The van der Waals surface area contributed by atoms with E-state index in [0.717, 1.165) is 17.0 Å². The van der Waals surface area contributed by atoms with Crippen LogP contribution in [0.4, 0.5) is 4.39 Å². The Bertz CT molecular complexity index is 613. The minimum absolute atomic E-state index is 0.0102. The SMILES string of the molecule is CNC(Cc1cccc(Cl)c1F)c1ccc(C)nc1C. The van der Waals surface area contributed by atoms with E-state index in [4.69, 9.17) is 11.6 Å². The number of nitrogens with one attached hydrogen (secondary N) is 1. The molecule has 2 aromatic rings. The van der Waals surface area contributed by atoms with Crippen molar-refractivity contribution in [3.8, 4) is 0 Å². The van der Waals surface area contributed by atoms with Crippen molar-refractivity contribution in [1.82, 2.24) is 10.3 Å². The van der Waals surface area contributed by atoms with Crippen LogP contribution in [0.25, 0.3) is 0 Å². The Morgan fingerprint density at radius 1 is 1.25 bits per heavy atom. The lowest BCUT2D eigenvalue weighted by Gasteiger charge is -2.19. The third kappa shape index (κ3) is 3.17. The number of halogens is 2. The number of hydrogen-bond donors (Lipinski definition) is 1. The fourth-order valence-electron chi connectivity index (χ4n) is 2.36. The minimum Gasteiger partial charge on any atom is -0.313 e. The summed E-state index contributed by atoms with van der Waals surface area (Å²) in [6, 6.07) is 9.13. The standard InChI is InChI=1S/C16H18ClFN2/c1-10-7-8-13(11(2)20-10)15(19-3)9-12-5-4-6-14(17)16(12)18/h4-8,15,19H,9H2,1-3H3. The quantitative estimate of drug-likeness (QED) is 0.921. The molecule has 2 nitrogen and oxygen atoms in total. The van der Waals surface area contributed by atoms with E-state index in [0.29, 0.717) is 12.0 Å². The number of benzene rings is 1. The van der Waals surface area contributed by atoms with Crippen molar-refractivity contribution in [2.45, 2.75) is 26.3 Å². The number of rotatable bonds is 4.